The van der Waals surface area contributed by atoms with Crippen LogP contribution in [0, 0.1) is 0 Å². The Balaban J connectivity index is 2.02. The minimum atomic E-state index is -0.679. The average molecular weight is 491 g/mol. The van der Waals surface area contributed by atoms with Crippen molar-refractivity contribution in [3.8, 4) is 5.69 Å². The van der Waals surface area contributed by atoms with Crippen molar-refractivity contribution < 1.29 is 4.79 Å². The van der Waals surface area contributed by atoms with Crippen molar-refractivity contribution in [2.75, 3.05) is 0 Å². The van der Waals surface area contributed by atoms with Crippen LogP contribution in [0.2, 0.25) is 5.02 Å². The lowest BCUT2D eigenvalue weighted by molar-refractivity contribution is 0.0948. The number of hydrogen-bond acceptors (Lipinski definition) is 3. The van der Waals surface area contributed by atoms with Gasteiger partial charge in [0, 0.05) is 28.8 Å². The van der Waals surface area contributed by atoms with Gasteiger partial charge in [-0.25, -0.2) is 9.36 Å². The third-order valence-electron chi connectivity index (χ3n) is 4.56. The molecular weight excluding hydrogens is 470 g/mol. The summed E-state index contributed by atoms with van der Waals surface area (Å²) in [7, 11) is 0. The van der Waals surface area contributed by atoms with E-state index in [4.69, 9.17) is 11.6 Å². The molecule has 0 radical (unpaired) electrons. The van der Waals surface area contributed by atoms with Gasteiger partial charge in [-0.2, -0.15) is 0 Å². The number of carbonyl (C=O) groups excluding carboxylic acids is 1. The molecule has 30 heavy (non-hydrogen) atoms. The normalized spacial score (nSPS) is 10.8. The largest absolute Gasteiger partial charge is 0.348 e. The zero-order chi connectivity index (χ0) is 21.7. The third kappa shape index (κ3) is 5.09. The Hall–Kier alpha value is -2.64. The topological polar surface area (TPSA) is 73.1 Å². The predicted molar refractivity (Wildman–Crippen MR) is 122 cm³/mol. The van der Waals surface area contributed by atoms with Crippen LogP contribution in [0.1, 0.15) is 35.7 Å². The number of carbonyl (C=O) groups is 1. The first kappa shape index (κ1) is 22.1. The molecule has 8 heteroatoms. The van der Waals surface area contributed by atoms with Crippen molar-refractivity contribution in [2.45, 2.75) is 32.9 Å². The Bertz CT molecular complexity index is 1190. The molecule has 0 spiro atoms. The lowest BCUT2D eigenvalue weighted by atomic mass is 10.2. The predicted octanol–water partition coefficient (Wildman–Crippen LogP) is 4.15. The fraction of sp³-hybridized carbons (Fsp3) is 0.227. The van der Waals surface area contributed by atoms with Crippen molar-refractivity contribution >= 4 is 33.4 Å². The first-order chi connectivity index (χ1) is 14.4. The molecule has 0 aliphatic carbocycles. The second kappa shape index (κ2) is 9.91. The molecule has 0 atom stereocenters. The van der Waals surface area contributed by atoms with Gasteiger partial charge >= 0.3 is 5.69 Å². The van der Waals surface area contributed by atoms with E-state index in [1.54, 1.807) is 18.2 Å². The molecular formula is C22H21BrClN3O3. The number of benzene rings is 2. The maximum atomic E-state index is 13.1. The first-order valence-corrected chi connectivity index (χ1v) is 10.7. The van der Waals surface area contributed by atoms with Crippen molar-refractivity contribution in [2.24, 2.45) is 0 Å². The van der Waals surface area contributed by atoms with Crippen LogP contribution in [0.3, 0.4) is 0 Å². The van der Waals surface area contributed by atoms with Gasteiger partial charge in [-0.05, 0) is 42.3 Å². The SMILES string of the molecule is CCCCn1cc(C(=O)NCc2cccc(Br)c2)c(=O)n(-c2cccc(Cl)c2)c1=O. The molecule has 2 aromatic carbocycles. The summed E-state index contributed by atoms with van der Waals surface area (Å²) in [6, 6.07) is 13.9. The Labute approximate surface area is 187 Å². The van der Waals surface area contributed by atoms with Crippen LogP contribution in [0.25, 0.3) is 5.69 Å². The molecule has 0 aliphatic rings. The van der Waals surface area contributed by atoms with Gasteiger partial charge < -0.3 is 5.32 Å². The number of aryl methyl sites for hydroxylation is 1. The lowest BCUT2D eigenvalue weighted by Crippen LogP contribution is -2.43. The second-order valence-corrected chi connectivity index (χ2v) is 8.16. The molecule has 3 aromatic rings. The molecule has 0 bridgehead atoms. The summed E-state index contributed by atoms with van der Waals surface area (Å²) < 4.78 is 3.29. The minimum absolute atomic E-state index is 0.0966. The summed E-state index contributed by atoms with van der Waals surface area (Å²) >= 11 is 9.44. The molecule has 3 rings (SSSR count). The van der Waals surface area contributed by atoms with E-state index < -0.39 is 17.2 Å². The van der Waals surface area contributed by atoms with Crippen LogP contribution < -0.4 is 16.6 Å². The van der Waals surface area contributed by atoms with E-state index in [1.165, 1.54) is 16.8 Å². The minimum Gasteiger partial charge on any atom is -0.348 e. The summed E-state index contributed by atoms with van der Waals surface area (Å²) in [5, 5.41) is 3.15. The number of halogens is 2. The smallest absolute Gasteiger partial charge is 0.335 e. The average Bonchev–Trinajstić information content (AvgIpc) is 2.72. The van der Waals surface area contributed by atoms with Crippen LogP contribution in [0.4, 0.5) is 0 Å². The molecule has 6 nitrogen and oxygen atoms in total. The fourth-order valence-corrected chi connectivity index (χ4v) is 3.65. The molecule has 0 unspecified atom stereocenters. The van der Waals surface area contributed by atoms with E-state index in [0.717, 1.165) is 27.4 Å². The maximum absolute atomic E-state index is 13.1. The summed E-state index contributed by atoms with van der Waals surface area (Å²) in [6.45, 7) is 2.66. The Morgan fingerprint density at radius 2 is 1.90 bits per heavy atom. The third-order valence-corrected chi connectivity index (χ3v) is 5.29. The van der Waals surface area contributed by atoms with Gasteiger partial charge in [-0.15, -0.1) is 0 Å². The van der Waals surface area contributed by atoms with Crippen molar-refractivity contribution in [1.29, 1.82) is 0 Å². The molecule has 0 saturated carbocycles. The van der Waals surface area contributed by atoms with Gasteiger partial charge in [-0.3, -0.25) is 14.2 Å². The maximum Gasteiger partial charge on any atom is 0.335 e. The Morgan fingerprint density at radius 1 is 1.13 bits per heavy atom. The lowest BCUT2D eigenvalue weighted by Gasteiger charge is -2.13. The van der Waals surface area contributed by atoms with Crippen LogP contribution >= 0.6 is 27.5 Å². The summed E-state index contributed by atoms with van der Waals surface area (Å²) in [5.74, 6) is -0.541. The van der Waals surface area contributed by atoms with Crippen molar-refractivity contribution in [3.05, 3.63) is 96.2 Å². The monoisotopic (exact) mass is 489 g/mol. The summed E-state index contributed by atoms with van der Waals surface area (Å²) in [6.07, 6.45) is 2.96. The van der Waals surface area contributed by atoms with Gasteiger partial charge in [0.2, 0.25) is 0 Å². The number of nitrogens with zero attached hydrogens (tertiary/aromatic N) is 2. The number of amides is 1. The van der Waals surface area contributed by atoms with E-state index >= 15 is 0 Å². The molecule has 156 valence electrons. The highest BCUT2D eigenvalue weighted by atomic mass is 79.9. The van der Waals surface area contributed by atoms with Crippen LogP contribution in [0.5, 0.6) is 0 Å². The highest BCUT2D eigenvalue weighted by Gasteiger charge is 2.18. The molecule has 0 aliphatic heterocycles. The van der Waals surface area contributed by atoms with Crippen molar-refractivity contribution in [3.63, 3.8) is 0 Å². The highest BCUT2D eigenvalue weighted by Crippen LogP contribution is 2.13. The summed E-state index contributed by atoms with van der Waals surface area (Å²) in [5.41, 5.74) is -0.0710. The summed E-state index contributed by atoms with van der Waals surface area (Å²) in [4.78, 5) is 38.9. The molecule has 0 fully saturated rings. The standard InChI is InChI=1S/C22H21BrClN3O3/c1-2-3-10-26-14-19(20(28)25-13-15-6-4-7-16(23)11-15)21(29)27(22(26)30)18-9-5-8-17(24)12-18/h4-9,11-12,14H,2-3,10,13H2,1H3,(H,25,28). The molecule has 1 heterocycles. The number of unbranched alkanes of at least 4 members (excludes halogenated alkanes) is 1. The Morgan fingerprint density at radius 3 is 2.60 bits per heavy atom. The van der Waals surface area contributed by atoms with Crippen LogP contribution in [-0.2, 0) is 13.1 Å². The quantitative estimate of drug-likeness (QED) is 0.541. The number of nitrogens with one attached hydrogen (secondary N) is 1. The highest BCUT2D eigenvalue weighted by molar-refractivity contribution is 9.10. The Kier molecular flexibility index (Phi) is 7.29. The van der Waals surface area contributed by atoms with Crippen molar-refractivity contribution in [1.82, 2.24) is 14.5 Å². The van der Waals surface area contributed by atoms with Crippen LogP contribution in [-0.4, -0.2) is 15.0 Å². The van der Waals surface area contributed by atoms with Gasteiger partial charge in [0.1, 0.15) is 5.56 Å². The fourth-order valence-electron chi connectivity index (χ4n) is 3.01. The van der Waals surface area contributed by atoms with E-state index in [2.05, 4.69) is 21.2 Å². The molecule has 0 saturated heterocycles. The van der Waals surface area contributed by atoms with E-state index in [0.29, 0.717) is 17.3 Å². The zero-order valence-electron chi connectivity index (χ0n) is 16.4. The van der Waals surface area contributed by atoms with Gasteiger partial charge in [0.05, 0.1) is 5.69 Å². The number of hydrogen-bond donors (Lipinski definition) is 1. The second-order valence-electron chi connectivity index (χ2n) is 6.81. The van der Waals surface area contributed by atoms with E-state index in [9.17, 15) is 14.4 Å². The molecule has 1 amide bonds. The first-order valence-electron chi connectivity index (χ1n) is 9.55. The van der Waals surface area contributed by atoms with Gasteiger partial charge in [0.15, 0.2) is 0 Å². The zero-order valence-corrected chi connectivity index (χ0v) is 18.7. The van der Waals surface area contributed by atoms with Crippen LogP contribution in [0.15, 0.2) is 68.8 Å². The van der Waals surface area contributed by atoms with Gasteiger partial charge in [0.25, 0.3) is 11.5 Å². The number of aromatic nitrogens is 2. The molecule has 1 aromatic heterocycles. The van der Waals surface area contributed by atoms with E-state index in [-0.39, 0.29) is 12.1 Å². The number of rotatable bonds is 7. The van der Waals surface area contributed by atoms with E-state index in [1.807, 2.05) is 31.2 Å². The molecule has 1 N–H and O–H groups in total. The van der Waals surface area contributed by atoms with Gasteiger partial charge in [-0.1, -0.05) is 59.1 Å².